The number of hydrogen-bond donors (Lipinski definition) is 2. The van der Waals surface area contributed by atoms with Crippen LogP contribution in [0.1, 0.15) is 30.4 Å². The van der Waals surface area contributed by atoms with Gasteiger partial charge in [-0.2, -0.15) is 4.90 Å². The van der Waals surface area contributed by atoms with Crippen molar-refractivity contribution in [1.82, 2.24) is 4.90 Å². The summed E-state index contributed by atoms with van der Waals surface area (Å²) >= 11 is 0. The molecule has 0 aliphatic rings. The Balaban J connectivity index is 2.14. The Kier molecular flexibility index (Phi) is 9.78. The van der Waals surface area contributed by atoms with Crippen molar-refractivity contribution >= 4 is 23.8 Å². The van der Waals surface area contributed by atoms with Crippen LogP contribution in [-0.4, -0.2) is 45.7 Å². The number of benzene rings is 2. The molecule has 0 saturated heterocycles. The third-order valence-electron chi connectivity index (χ3n) is 4.64. The molecule has 11 nitrogen and oxygen atoms in total. The number of ether oxygens (including phenoxy) is 2. The minimum Gasteiger partial charge on any atom is -0.480 e. The summed E-state index contributed by atoms with van der Waals surface area (Å²) in [7, 11) is 0. The molecule has 2 aromatic carbocycles. The van der Waals surface area contributed by atoms with E-state index in [-0.39, 0.29) is 25.3 Å². The molecule has 3 N–H and O–H groups in total. The maximum Gasteiger partial charge on any atom is 0.420 e. The number of carbonyl (C=O) groups excluding carboxylic acids is 2. The van der Waals surface area contributed by atoms with E-state index in [0.29, 0.717) is 35.4 Å². The van der Waals surface area contributed by atoms with Crippen molar-refractivity contribution in [3.05, 3.63) is 75.8 Å². The maximum absolute atomic E-state index is 12.7. The molecule has 33 heavy (non-hydrogen) atoms. The van der Waals surface area contributed by atoms with Crippen LogP contribution < -0.4 is 5.73 Å². The van der Waals surface area contributed by atoms with Crippen LogP contribution in [0.15, 0.2) is 54.6 Å². The number of carboxylic acid groups (broad SMARTS) is 1. The Morgan fingerprint density at radius 2 is 1.48 bits per heavy atom. The first kappa shape index (κ1) is 25.3. The number of carboxylic acids is 1. The molecule has 0 saturated carbocycles. The van der Waals surface area contributed by atoms with E-state index < -0.39 is 29.1 Å². The average molecular weight is 459 g/mol. The van der Waals surface area contributed by atoms with E-state index in [1.165, 1.54) is 24.3 Å². The summed E-state index contributed by atoms with van der Waals surface area (Å²) in [6, 6.07) is 12.4. The number of aliphatic carboxylic acids is 1. The highest BCUT2D eigenvalue weighted by molar-refractivity contribution is 5.93. The van der Waals surface area contributed by atoms with Gasteiger partial charge in [0, 0.05) is 12.1 Å². The van der Waals surface area contributed by atoms with Crippen LogP contribution in [0.5, 0.6) is 0 Å². The van der Waals surface area contributed by atoms with Crippen molar-refractivity contribution in [2.75, 3.05) is 6.54 Å². The summed E-state index contributed by atoms with van der Waals surface area (Å²) in [4.78, 5) is 47.9. The summed E-state index contributed by atoms with van der Waals surface area (Å²) in [5, 5.41) is 20.4. The fraction of sp³-hybridized carbons (Fsp3) is 0.318. The maximum atomic E-state index is 12.7. The molecule has 1 atom stereocenters. The lowest BCUT2D eigenvalue weighted by molar-refractivity contribution is -0.384. The number of nitro groups is 1. The average Bonchev–Trinajstić information content (AvgIpc) is 2.81. The van der Waals surface area contributed by atoms with E-state index >= 15 is 0 Å². The minimum absolute atomic E-state index is 0.0282. The second kappa shape index (κ2) is 12.8. The van der Waals surface area contributed by atoms with E-state index in [9.17, 15) is 29.6 Å². The van der Waals surface area contributed by atoms with Gasteiger partial charge < -0.3 is 20.3 Å². The van der Waals surface area contributed by atoms with Gasteiger partial charge in [-0.05, 0) is 49.1 Å². The Labute approximate surface area is 189 Å². The minimum atomic E-state index is -1.51. The monoisotopic (exact) mass is 459 g/mol. The quantitative estimate of drug-likeness (QED) is 0.291. The molecule has 2 rings (SSSR count). The van der Waals surface area contributed by atoms with Crippen molar-refractivity contribution in [2.45, 2.75) is 38.5 Å². The second-order valence-electron chi connectivity index (χ2n) is 7.03. The predicted octanol–water partition coefficient (Wildman–Crippen LogP) is 3.45. The topological polar surface area (TPSA) is 162 Å². The number of rotatable bonds is 11. The normalized spacial score (nSPS) is 11.3. The number of imide groups is 1. The molecule has 0 aromatic heterocycles. The van der Waals surface area contributed by atoms with Crippen LogP contribution in [0.3, 0.4) is 0 Å². The van der Waals surface area contributed by atoms with E-state index in [1.807, 2.05) is 0 Å². The van der Waals surface area contributed by atoms with Crippen LogP contribution in [0, 0.1) is 10.1 Å². The van der Waals surface area contributed by atoms with Gasteiger partial charge >= 0.3 is 18.2 Å². The van der Waals surface area contributed by atoms with Crippen LogP contribution in [0.25, 0.3) is 0 Å². The van der Waals surface area contributed by atoms with Gasteiger partial charge in [-0.1, -0.05) is 30.3 Å². The summed E-state index contributed by atoms with van der Waals surface area (Å²) in [5.41, 5.74) is 6.39. The molecule has 0 fully saturated rings. The molecule has 1 unspecified atom stereocenters. The zero-order valence-corrected chi connectivity index (χ0v) is 17.8. The number of hydrogen-bond acceptors (Lipinski definition) is 8. The smallest absolute Gasteiger partial charge is 0.420 e. The molecule has 0 aliphatic heterocycles. The standard InChI is InChI=1S/C22H25N3O8/c23-13-5-4-8-19(20(26)27)24(21(28)32-14-16-6-2-1-3-7-16)22(29)33-15-17-9-11-18(12-10-17)25(30)31/h1-3,6-7,9-12,19H,4-5,8,13-15,23H2,(H,26,27). The molecule has 2 aromatic rings. The Morgan fingerprint density at radius 1 is 0.939 bits per heavy atom. The molecular weight excluding hydrogens is 434 g/mol. The number of amides is 2. The van der Waals surface area contributed by atoms with Gasteiger partial charge in [0.2, 0.25) is 0 Å². The van der Waals surface area contributed by atoms with Crippen LogP contribution in [0.2, 0.25) is 0 Å². The van der Waals surface area contributed by atoms with E-state index in [4.69, 9.17) is 15.2 Å². The first-order valence-corrected chi connectivity index (χ1v) is 10.2. The zero-order chi connectivity index (χ0) is 24.2. The predicted molar refractivity (Wildman–Crippen MR) is 116 cm³/mol. The Hall–Kier alpha value is -3.99. The lowest BCUT2D eigenvalue weighted by Gasteiger charge is -2.26. The van der Waals surface area contributed by atoms with Gasteiger partial charge in [0.25, 0.3) is 5.69 Å². The summed E-state index contributed by atoms with van der Waals surface area (Å²) < 4.78 is 10.3. The Morgan fingerprint density at radius 3 is 1.97 bits per heavy atom. The molecule has 0 heterocycles. The van der Waals surface area contributed by atoms with Crippen molar-refractivity contribution in [2.24, 2.45) is 5.73 Å². The highest BCUT2D eigenvalue weighted by atomic mass is 16.6. The molecule has 11 heteroatoms. The molecule has 0 aliphatic carbocycles. The van der Waals surface area contributed by atoms with Gasteiger partial charge in [0.1, 0.15) is 19.3 Å². The number of unbranched alkanes of at least 4 members (excludes halogenated alkanes) is 1. The lowest BCUT2D eigenvalue weighted by Crippen LogP contribution is -2.49. The van der Waals surface area contributed by atoms with Crippen molar-refractivity contribution in [3.8, 4) is 0 Å². The van der Waals surface area contributed by atoms with Gasteiger partial charge in [-0.15, -0.1) is 0 Å². The van der Waals surface area contributed by atoms with E-state index in [1.54, 1.807) is 30.3 Å². The highest BCUT2D eigenvalue weighted by Gasteiger charge is 2.37. The number of non-ortho nitro benzene ring substituents is 1. The number of nitrogens with two attached hydrogens (primary N) is 1. The SMILES string of the molecule is NCCCCC(C(=O)O)N(C(=O)OCc1ccccc1)C(=O)OCc1ccc([N+](=O)[O-])cc1. The van der Waals surface area contributed by atoms with Crippen LogP contribution >= 0.6 is 0 Å². The fourth-order valence-electron chi connectivity index (χ4n) is 2.89. The summed E-state index contributed by atoms with van der Waals surface area (Å²) in [6.07, 6.45) is -1.51. The van der Waals surface area contributed by atoms with Gasteiger partial charge in [-0.25, -0.2) is 14.4 Å². The molecule has 0 bridgehead atoms. The second-order valence-corrected chi connectivity index (χ2v) is 7.03. The number of nitrogens with zero attached hydrogens (tertiary/aromatic N) is 2. The van der Waals surface area contributed by atoms with Gasteiger partial charge in [0.15, 0.2) is 0 Å². The number of nitro benzene ring substituents is 1. The first-order valence-electron chi connectivity index (χ1n) is 10.2. The van der Waals surface area contributed by atoms with Crippen molar-refractivity contribution in [3.63, 3.8) is 0 Å². The molecule has 0 spiro atoms. The molecule has 0 radical (unpaired) electrons. The van der Waals surface area contributed by atoms with E-state index in [2.05, 4.69) is 0 Å². The van der Waals surface area contributed by atoms with Crippen LogP contribution in [-0.2, 0) is 27.5 Å². The molecule has 2 amide bonds. The van der Waals surface area contributed by atoms with Crippen LogP contribution in [0.4, 0.5) is 15.3 Å². The van der Waals surface area contributed by atoms with E-state index in [0.717, 1.165) is 0 Å². The van der Waals surface area contributed by atoms with Crippen molar-refractivity contribution < 1.29 is 33.9 Å². The van der Waals surface area contributed by atoms with Crippen molar-refractivity contribution in [1.29, 1.82) is 0 Å². The summed E-state index contributed by atoms with van der Waals surface area (Å²) in [6.45, 7) is -0.162. The third kappa shape index (κ3) is 7.89. The highest BCUT2D eigenvalue weighted by Crippen LogP contribution is 2.17. The van der Waals surface area contributed by atoms with Gasteiger partial charge in [-0.3, -0.25) is 10.1 Å². The lowest BCUT2D eigenvalue weighted by atomic mass is 10.1. The molecule has 176 valence electrons. The van der Waals surface area contributed by atoms with Gasteiger partial charge in [0.05, 0.1) is 4.92 Å². The first-order chi connectivity index (χ1) is 15.8. The number of carbonyl (C=O) groups is 3. The third-order valence-corrected chi connectivity index (χ3v) is 4.64. The summed E-state index contributed by atoms with van der Waals surface area (Å²) in [5.74, 6) is -1.39. The molecular formula is C22H25N3O8. The Bertz CT molecular complexity index is 950. The largest absolute Gasteiger partial charge is 0.480 e. The fourth-order valence-corrected chi connectivity index (χ4v) is 2.89. The zero-order valence-electron chi connectivity index (χ0n) is 17.8.